The summed E-state index contributed by atoms with van der Waals surface area (Å²) in [5, 5.41) is 6.72. The maximum absolute atomic E-state index is 12.8. The van der Waals surface area contributed by atoms with Gasteiger partial charge in [-0.1, -0.05) is 28.9 Å². The number of carbonyl (C=O) groups is 1. The highest BCUT2D eigenvalue weighted by atomic mass is 35.5. The number of benzene rings is 2. The minimum atomic E-state index is -3.71. The number of rotatable bonds is 5. The van der Waals surface area contributed by atoms with E-state index in [1.54, 1.807) is 31.2 Å². The summed E-state index contributed by atoms with van der Waals surface area (Å²) in [4.78, 5) is 16.9. The van der Waals surface area contributed by atoms with Crippen LogP contribution in [0.2, 0.25) is 5.02 Å². The molecule has 0 aliphatic heterocycles. The number of hydrogen-bond donors (Lipinski definition) is 1. The Balaban J connectivity index is 1.97. The molecule has 1 aromatic heterocycles. The zero-order valence-electron chi connectivity index (χ0n) is 15.3. The van der Waals surface area contributed by atoms with E-state index in [9.17, 15) is 13.2 Å². The summed E-state index contributed by atoms with van der Waals surface area (Å²) >= 11 is 6.14. The van der Waals surface area contributed by atoms with Crippen LogP contribution in [0.25, 0.3) is 11.4 Å². The lowest BCUT2D eigenvalue weighted by Crippen LogP contribution is -2.23. The molecule has 0 saturated heterocycles. The molecule has 1 amide bonds. The van der Waals surface area contributed by atoms with E-state index in [4.69, 9.17) is 16.1 Å². The third-order valence-corrected chi connectivity index (χ3v) is 6.05. The van der Waals surface area contributed by atoms with Crippen molar-refractivity contribution in [3.8, 4) is 11.4 Å². The number of amides is 1. The summed E-state index contributed by atoms with van der Waals surface area (Å²) in [7, 11) is -0.890. The monoisotopic (exact) mass is 420 g/mol. The predicted molar refractivity (Wildman–Crippen MR) is 105 cm³/mol. The number of anilines is 1. The summed E-state index contributed by atoms with van der Waals surface area (Å²) in [6, 6.07) is 10.9. The van der Waals surface area contributed by atoms with Crippen molar-refractivity contribution in [2.24, 2.45) is 0 Å². The van der Waals surface area contributed by atoms with Gasteiger partial charge < -0.3 is 9.84 Å². The minimum absolute atomic E-state index is 0.0312. The van der Waals surface area contributed by atoms with Crippen molar-refractivity contribution in [1.29, 1.82) is 0 Å². The molecule has 0 fully saturated rings. The molecule has 0 aliphatic rings. The van der Waals surface area contributed by atoms with Gasteiger partial charge in [0.15, 0.2) is 0 Å². The third-order valence-electron chi connectivity index (χ3n) is 3.90. The Morgan fingerprint density at radius 2 is 1.89 bits per heavy atom. The normalized spacial score (nSPS) is 11.6. The molecule has 0 unspecified atom stereocenters. The highest BCUT2D eigenvalue weighted by Crippen LogP contribution is 2.28. The van der Waals surface area contributed by atoms with Crippen molar-refractivity contribution in [3.63, 3.8) is 0 Å². The van der Waals surface area contributed by atoms with Gasteiger partial charge in [-0.3, -0.25) is 4.79 Å². The molecule has 1 N–H and O–H groups in total. The molecule has 0 radical (unpaired) electrons. The van der Waals surface area contributed by atoms with Crippen LogP contribution in [0.5, 0.6) is 0 Å². The van der Waals surface area contributed by atoms with Gasteiger partial charge in [0.05, 0.1) is 21.2 Å². The second kappa shape index (κ2) is 7.70. The van der Waals surface area contributed by atoms with Crippen LogP contribution in [0.15, 0.2) is 51.9 Å². The fourth-order valence-electron chi connectivity index (χ4n) is 2.44. The number of carbonyl (C=O) groups excluding carboxylic acids is 1. The number of nitrogens with one attached hydrogen (secondary N) is 1. The molecule has 0 spiro atoms. The lowest BCUT2D eigenvalue weighted by molar-refractivity contribution is 0.102. The van der Waals surface area contributed by atoms with Crippen LogP contribution in [-0.4, -0.2) is 42.9 Å². The molecule has 10 heteroatoms. The Morgan fingerprint density at radius 1 is 1.18 bits per heavy atom. The quantitative estimate of drug-likeness (QED) is 0.679. The van der Waals surface area contributed by atoms with E-state index >= 15 is 0 Å². The average molecular weight is 421 g/mol. The summed E-state index contributed by atoms with van der Waals surface area (Å²) < 4.78 is 30.7. The first-order chi connectivity index (χ1) is 13.2. The Kier molecular flexibility index (Phi) is 5.50. The first-order valence-electron chi connectivity index (χ1n) is 8.13. The zero-order chi connectivity index (χ0) is 20.5. The molecule has 0 saturated carbocycles. The van der Waals surface area contributed by atoms with E-state index in [2.05, 4.69) is 15.5 Å². The van der Waals surface area contributed by atoms with Gasteiger partial charge in [-0.05, 0) is 30.3 Å². The van der Waals surface area contributed by atoms with Gasteiger partial charge in [0, 0.05) is 26.6 Å². The second-order valence-corrected chi connectivity index (χ2v) is 8.62. The molecule has 3 rings (SSSR count). The Labute approximate surface area is 167 Å². The van der Waals surface area contributed by atoms with Crippen LogP contribution >= 0.6 is 11.6 Å². The standard InChI is InChI=1S/C18H17ClN4O4S/c1-11-20-17(22-27-11)13-6-4-5-7-16(13)21-18(24)14-10-12(8-9-15(14)19)28(25,26)23(2)3/h4-10H,1-3H3,(H,21,24). The van der Waals surface area contributed by atoms with Crippen LogP contribution in [-0.2, 0) is 10.0 Å². The van der Waals surface area contributed by atoms with E-state index in [-0.39, 0.29) is 15.5 Å². The van der Waals surface area contributed by atoms with E-state index in [1.807, 2.05) is 0 Å². The van der Waals surface area contributed by atoms with Crippen molar-refractivity contribution < 1.29 is 17.7 Å². The highest BCUT2D eigenvalue weighted by Gasteiger charge is 2.21. The molecule has 0 aliphatic carbocycles. The van der Waals surface area contributed by atoms with Crippen LogP contribution in [0.3, 0.4) is 0 Å². The number of hydrogen-bond acceptors (Lipinski definition) is 6. The molecule has 0 atom stereocenters. The Morgan fingerprint density at radius 3 is 2.54 bits per heavy atom. The highest BCUT2D eigenvalue weighted by molar-refractivity contribution is 7.89. The lowest BCUT2D eigenvalue weighted by atomic mass is 10.1. The van der Waals surface area contributed by atoms with Crippen LogP contribution < -0.4 is 5.32 Å². The van der Waals surface area contributed by atoms with Crippen molar-refractivity contribution >= 4 is 33.2 Å². The van der Waals surface area contributed by atoms with Crippen LogP contribution in [0.4, 0.5) is 5.69 Å². The summed E-state index contributed by atoms with van der Waals surface area (Å²) in [5.41, 5.74) is 1.02. The molecule has 0 bridgehead atoms. The number of aryl methyl sites for hydroxylation is 1. The van der Waals surface area contributed by atoms with Gasteiger partial charge >= 0.3 is 0 Å². The van der Waals surface area contributed by atoms with Gasteiger partial charge in [0.1, 0.15) is 0 Å². The average Bonchev–Trinajstić information content (AvgIpc) is 3.08. The molecule has 3 aromatic rings. The van der Waals surface area contributed by atoms with Crippen LogP contribution in [0, 0.1) is 6.92 Å². The Hall–Kier alpha value is -2.75. The third kappa shape index (κ3) is 3.91. The fourth-order valence-corrected chi connectivity index (χ4v) is 3.57. The summed E-state index contributed by atoms with van der Waals surface area (Å²) in [6.45, 7) is 1.66. The Bertz CT molecular complexity index is 1140. The second-order valence-electron chi connectivity index (χ2n) is 6.07. The fraction of sp³-hybridized carbons (Fsp3) is 0.167. The topological polar surface area (TPSA) is 105 Å². The predicted octanol–water partition coefficient (Wildman–Crippen LogP) is 3.20. The number of para-hydroxylation sites is 1. The van der Waals surface area contributed by atoms with Gasteiger partial charge in [-0.15, -0.1) is 0 Å². The first-order valence-corrected chi connectivity index (χ1v) is 9.95. The molecular weight excluding hydrogens is 404 g/mol. The summed E-state index contributed by atoms with van der Waals surface area (Å²) in [5.74, 6) is 0.151. The largest absolute Gasteiger partial charge is 0.339 e. The van der Waals surface area contributed by atoms with Crippen molar-refractivity contribution in [2.75, 3.05) is 19.4 Å². The molecule has 1 heterocycles. The minimum Gasteiger partial charge on any atom is -0.339 e. The smallest absolute Gasteiger partial charge is 0.257 e. The number of aromatic nitrogens is 2. The van der Waals surface area contributed by atoms with Gasteiger partial charge in [0.2, 0.25) is 21.7 Å². The number of nitrogens with zero attached hydrogens (tertiary/aromatic N) is 3. The first kappa shape index (κ1) is 20.0. The van der Waals surface area contributed by atoms with E-state index in [0.717, 1.165) is 4.31 Å². The molecule has 28 heavy (non-hydrogen) atoms. The van der Waals surface area contributed by atoms with Gasteiger partial charge in [-0.2, -0.15) is 4.98 Å². The SMILES string of the molecule is Cc1nc(-c2ccccc2NC(=O)c2cc(S(=O)(=O)N(C)C)ccc2Cl)no1. The van der Waals surface area contributed by atoms with Crippen molar-refractivity contribution in [3.05, 3.63) is 58.9 Å². The summed E-state index contributed by atoms with van der Waals surface area (Å²) in [6.07, 6.45) is 0. The van der Waals surface area contributed by atoms with Gasteiger partial charge in [0.25, 0.3) is 5.91 Å². The van der Waals surface area contributed by atoms with Crippen molar-refractivity contribution in [2.45, 2.75) is 11.8 Å². The maximum Gasteiger partial charge on any atom is 0.257 e. The van der Waals surface area contributed by atoms with E-state index < -0.39 is 15.9 Å². The van der Waals surface area contributed by atoms with Crippen molar-refractivity contribution in [1.82, 2.24) is 14.4 Å². The zero-order valence-corrected chi connectivity index (χ0v) is 16.9. The van der Waals surface area contributed by atoms with E-state index in [0.29, 0.717) is 23.0 Å². The molecule has 8 nitrogen and oxygen atoms in total. The molecule has 2 aromatic carbocycles. The van der Waals surface area contributed by atoms with E-state index in [1.165, 1.54) is 32.3 Å². The number of halogens is 1. The molecule has 146 valence electrons. The number of sulfonamides is 1. The maximum atomic E-state index is 12.8. The van der Waals surface area contributed by atoms with Crippen LogP contribution in [0.1, 0.15) is 16.2 Å². The molecular formula is C18H17ClN4O4S. The van der Waals surface area contributed by atoms with Gasteiger partial charge in [-0.25, -0.2) is 12.7 Å². The lowest BCUT2D eigenvalue weighted by Gasteiger charge is -2.14.